The zero-order valence-electron chi connectivity index (χ0n) is 12.0. The van der Waals surface area contributed by atoms with Crippen LogP contribution in [0.3, 0.4) is 0 Å². The summed E-state index contributed by atoms with van der Waals surface area (Å²) in [6, 6.07) is 1.73. The molecule has 108 valence electrons. The summed E-state index contributed by atoms with van der Waals surface area (Å²) in [5, 5.41) is 18.6. The SMILES string of the molecule is CCC(C)(CNC(=O)c1cc(CO)on1)C(C)NC. The van der Waals surface area contributed by atoms with Crippen molar-refractivity contribution in [3.8, 4) is 0 Å². The average molecular weight is 269 g/mol. The van der Waals surface area contributed by atoms with Crippen molar-refractivity contribution in [2.45, 2.75) is 39.8 Å². The van der Waals surface area contributed by atoms with Crippen LogP contribution in [0.15, 0.2) is 10.6 Å². The van der Waals surface area contributed by atoms with Crippen molar-refractivity contribution in [3.05, 3.63) is 17.5 Å². The van der Waals surface area contributed by atoms with Gasteiger partial charge in [-0.15, -0.1) is 0 Å². The molecule has 1 rings (SSSR count). The van der Waals surface area contributed by atoms with Gasteiger partial charge in [-0.05, 0) is 25.8 Å². The number of carbonyl (C=O) groups excluding carboxylic acids is 1. The van der Waals surface area contributed by atoms with Gasteiger partial charge < -0.3 is 20.3 Å². The number of hydrogen-bond donors (Lipinski definition) is 3. The molecule has 19 heavy (non-hydrogen) atoms. The molecule has 1 aromatic heterocycles. The zero-order valence-corrected chi connectivity index (χ0v) is 12.0. The van der Waals surface area contributed by atoms with Crippen LogP contribution in [-0.2, 0) is 6.61 Å². The van der Waals surface area contributed by atoms with Crippen LogP contribution in [0.1, 0.15) is 43.4 Å². The van der Waals surface area contributed by atoms with Gasteiger partial charge >= 0.3 is 0 Å². The smallest absolute Gasteiger partial charge is 0.273 e. The van der Waals surface area contributed by atoms with Crippen LogP contribution in [-0.4, -0.2) is 35.8 Å². The molecule has 6 heteroatoms. The van der Waals surface area contributed by atoms with Gasteiger partial charge in [0.15, 0.2) is 11.5 Å². The van der Waals surface area contributed by atoms with Crippen molar-refractivity contribution in [2.75, 3.05) is 13.6 Å². The van der Waals surface area contributed by atoms with Gasteiger partial charge in [-0.1, -0.05) is 19.0 Å². The highest BCUT2D eigenvalue weighted by Crippen LogP contribution is 2.24. The Labute approximate surface area is 113 Å². The van der Waals surface area contributed by atoms with Gasteiger partial charge in [0.1, 0.15) is 6.61 Å². The second-order valence-corrected chi connectivity index (χ2v) is 5.04. The minimum absolute atomic E-state index is 0.0338. The highest BCUT2D eigenvalue weighted by molar-refractivity contribution is 5.92. The van der Waals surface area contributed by atoms with Crippen LogP contribution < -0.4 is 10.6 Å². The van der Waals surface area contributed by atoms with Gasteiger partial charge in [0.25, 0.3) is 5.91 Å². The molecule has 6 nitrogen and oxygen atoms in total. The van der Waals surface area contributed by atoms with E-state index in [9.17, 15) is 4.79 Å². The van der Waals surface area contributed by atoms with E-state index < -0.39 is 0 Å². The van der Waals surface area contributed by atoms with E-state index in [1.807, 2.05) is 7.05 Å². The lowest BCUT2D eigenvalue weighted by atomic mass is 9.80. The van der Waals surface area contributed by atoms with Gasteiger partial charge in [0.2, 0.25) is 0 Å². The average Bonchev–Trinajstić information content (AvgIpc) is 2.92. The summed E-state index contributed by atoms with van der Waals surface area (Å²) >= 11 is 0. The number of aliphatic hydroxyl groups is 1. The Balaban J connectivity index is 2.62. The van der Waals surface area contributed by atoms with Crippen LogP contribution in [0, 0.1) is 5.41 Å². The minimum Gasteiger partial charge on any atom is -0.388 e. The second kappa shape index (κ2) is 6.68. The number of hydrogen-bond acceptors (Lipinski definition) is 5. The van der Waals surface area contributed by atoms with E-state index in [0.717, 1.165) is 6.42 Å². The lowest BCUT2D eigenvalue weighted by Gasteiger charge is -2.34. The van der Waals surface area contributed by atoms with E-state index in [1.54, 1.807) is 0 Å². The first kappa shape index (κ1) is 15.7. The second-order valence-electron chi connectivity index (χ2n) is 5.04. The quantitative estimate of drug-likeness (QED) is 0.685. The zero-order chi connectivity index (χ0) is 14.5. The fraction of sp³-hybridized carbons (Fsp3) is 0.692. The van der Waals surface area contributed by atoms with E-state index >= 15 is 0 Å². The molecule has 0 fully saturated rings. The van der Waals surface area contributed by atoms with Gasteiger partial charge in [-0.2, -0.15) is 0 Å². The Morgan fingerprint density at radius 1 is 1.63 bits per heavy atom. The minimum atomic E-state index is -0.286. The maximum absolute atomic E-state index is 11.9. The van der Waals surface area contributed by atoms with Crippen molar-refractivity contribution in [1.29, 1.82) is 0 Å². The molecule has 0 saturated carbocycles. The fourth-order valence-corrected chi connectivity index (χ4v) is 1.80. The van der Waals surface area contributed by atoms with Crippen molar-refractivity contribution in [2.24, 2.45) is 5.41 Å². The Kier molecular flexibility index (Phi) is 5.50. The van der Waals surface area contributed by atoms with Crippen LogP contribution in [0.25, 0.3) is 0 Å². The summed E-state index contributed by atoms with van der Waals surface area (Å²) in [4.78, 5) is 11.9. The molecule has 0 aliphatic rings. The molecule has 0 bridgehead atoms. The van der Waals surface area contributed by atoms with E-state index in [0.29, 0.717) is 6.54 Å². The van der Waals surface area contributed by atoms with E-state index in [1.165, 1.54) is 6.07 Å². The Bertz CT molecular complexity index is 419. The first-order valence-electron chi connectivity index (χ1n) is 6.48. The third-order valence-corrected chi connectivity index (χ3v) is 3.89. The van der Waals surface area contributed by atoms with Crippen molar-refractivity contribution in [1.82, 2.24) is 15.8 Å². The summed E-state index contributed by atoms with van der Waals surface area (Å²) in [7, 11) is 1.91. The number of amides is 1. The van der Waals surface area contributed by atoms with Crippen LogP contribution in [0.5, 0.6) is 0 Å². The highest BCUT2D eigenvalue weighted by Gasteiger charge is 2.29. The molecule has 0 saturated heterocycles. The van der Waals surface area contributed by atoms with Gasteiger partial charge in [-0.25, -0.2) is 0 Å². The maximum atomic E-state index is 11.9. The van der Waals surface area contributed by atoms with E-state index in [2.05, 4.69) is 36.6 Å². The Morgan fingerprint density at radius 3 is 2.79 bits per heavy atom. The number of rotatable bonds is 7. The van der Waals surface area contributed by atoms with Crippen molar-refractivity contribution >= 4 is 5.91 Å². The van der Waals surface area contributed by atoms with Gasteiger partial charge in [0.05, 0.1) is 0 Å². The molecule has 1 heterocycles. The van der Waals surface area contributed by atoms with Crippen molar-refractivity contribution in [3.63, 3.8) is 0 Å². The normalized spacial score (nSPS) is 15.8. The summed E-state index contributed by atoms with van der Waals surface area (Å²) in [5.41, 5.74) is 0.160. The molecular weight excluding hydrogens is 246 g/mol. The predicted molar refractivity (Wildman–Crippen MR) is 71.7 cm³/mol. The molecule has 0 spiro atoms. The number of aromatic nitrogens is 1. The molecular formula is C13H23N3O3. The molecule has 2 unspecified atom stereocenters. The monoisotopic (exact) mass is 269 g/mol. The number of nitrogens with zero attached hydrogens (tertiary/aromatic N) is 1. The number of aliphatic hydroxyl groups excluding tert-OH is 1. The molecule has 2 atom stereocenters. The topological polar surface area (TPSA) is 87.4 Å². The van der Waals surface area contributed by atoms with E-state index in [4.69, 9.17) is 9.63 Å². The van der Waals surface area contributed by atoms with Gasteiger partial charge in [-0.3, -0.25) is 4.79 Å². The predicted octanol–water partition coefficient (Wildman–Crippen LogP) is 0.921. The lowest BCUT2D eigenvalue weighted by Crippen LogP contribution is -2.47. The summed E-state index contributed by atoms with van der Waals surface area (Å²) in [6.07, 6.45) is 0.940. The Morgan fingerprint density at radius 2 is 2.32 bits per heavy atom. The van der Waals surface area contributed by atoms with Crippen LogP contribution >= 0.6 is 0 Å². The molecule has 0 radical (unpaired) electrons. The van der Waals surface area contributed by atoms with Crippen LogP contribution in [0.4, 0.5) is 0 Å². The molecule has 1 amide bonds. The molecule has 1 aromatic rings. The molecule has 0 aromatic carbocycles. The first-order valence-corrected chi connectivity index (χ1v) is 6.48. The van der Waals surface area contributed by atoms with Gasteiger partial charge in [0, 0.05) is 18.7 Å². The summed E-state index contributed by atoms with van der Waals surface area (Å²) in [5.74, 6) is -0.00146. The van der Waals surface area contributed by atoms with E-state index in [-0.39, 0.29) is 35.4 Å². The third kappa shape index (κ3) is 3.78. The van der Waals surface area contributed by atoms with Crippen LogP contribution in [0.2, 0.25) is 0 Å². The lowest BCUT2D eigenvalue weighted by molar-refractivity contribution is 0.0911. The molecule has 0 aliphatic heterocycles. The largest absolute Gasteiger partial charge is 0.388 e. The maximum Gasteiger partial charge on any atom is 0.273 e. The summed E-state index contributed by atoms with van der Waals surface area (Å²) in [6.45, 7) is 6.60. The Hall–Kier alpha value is -1.40. The molecule has 0 aliphatic carbocycles. The first-order chi connectivity index (χ1) is 8.96. The number of nitrogens with one attached hydrogen (secondary N) is 2. The van der Waals surface area contributed by atoms with Crippen molar-refractivity contribution < 1.29 is 14.4 Å². The highest BCUT2D eigenvalue weighted by atomic mass is 16.5. The summed E-state index contributed by atoms with van der Waals surface area (Å²) < 4.78 is 4.79. The fourth-order valence-electron chi connectivity index (χ4n) is 1.80. The molecule has 3 N–H and O–H groups in total. The number of carbonyl (C=O) groups is 1. The standard InChI is InChI=1S/C13H23N3O3/c1-5-13(3,9(2)14-4)8-15-12(18)11-6-10(7-17)19-16-11/h6,9,14,17H,5,7-8H2,1-4H3,(H,15,18). The third-order valence-electron chi connectivity index (χ3n) is 3.89.